The van der Waals surface area contributed by atoms with Crippen LogP contribution >= 0.6 is 0 Å². The standard InChI is InChI=1S/C23H29N3O5/c1-14-20(23(28)29-4)15(2)24-21(14)22(27)16(3)26-9-7-25(8-10-26)12-17-5-6-18-19(11-17)31-13-30-18/h5-6,11,16,24H,7-10,12-13H2,1-4H3/t16-/m1/s1. The fourth-order valence-electron chi connectivity index (χ4n) is 4.39. The van der Waals surface area contributed by atoms with Crippen LogP contribution in [0.3, 0.4) is 0 Å². The van der Waals surface area contributed by atoms with Gasteiger partial charge in [0.1, 0.15) is 0 Å². The van der Waals surface area contributed by atoms with Crippen molar-refractivity contribution in [1.82, 2.24) is 14.8 Å². The van der Waals surface area contributed by atoms with Crippen molar-refractivity contribution in [3.05, 3.63) is 46.3 Å². The predicted molar refractivity (Wildman–Crippen MR) is 115 cm³/mol. The van der Waals surface area contributed by atoms with Crippen LogP contribution in [0, 0.1) is 13.8 Å². The van der Waals surface area contributed by atoms with Crippen molar-refractivity contribution in [3.8, 4) is 11.5 Å². The molecule has 0 saturated carbocycles. The molecular weight excluding hydrogens is 398 g/mol. The Kier molecular flexibility index (Phi) is 6.02. The SMILES string of the molecule is COC(=O)c1c(C)[nH]c(C(=O)[C@@H](C)N2CCN(Cc3ccc4c(c3)OCO4)CC2)c1C. The summed E-state index contributed by atoms with van der Waals surface area (Å²) in [6.45, 7) is 10.00. The highest BCUT2D eigenvalue weighted by molar-refractivity contribution is 6.03. The summed E-state index contributed by atoms with van der Waals surface area (Å²) < 4.78 is 15.7. The van der Waals surface area contributed by atoms with Gasteiger partial charge in [-0.25, -0.2) is 4.79 Å². The van der Waals surface area contributed by atoms with Crippen LogP contribution in [0.25, 0.3) is 0 Å². The number of aromatic amines is 1. The summed E-state index contributed by atoms with van der Waals surface area (Å²) >= 11 is 0. The van der Waals surface area contributed by atoms with Crippen LogP contribution in [0.4, 0.5) is 0 Å². The highest BCUT2D eigenvalue weighted by atomic mass is 16.7. The minimum Gasteiger partial charge on any atom is -0.465 e. The number of hydrogen-bond acceptors (Lipinski definition) is 7. The molecular formula is C23H29N3O5. The van der Waals surface area contributed by atoms with E-state index in [-0.39, 0.29) is 18.6 Å². The molecule has 0 radical (unpaired) electrons. The zero-order valence-electron chi connectivity index (χ0n) is 18.5. The molecule has 0 amide bonds. The van der Waals surface area contributed by atoms with Gasteiger partial charge in [-0.2, -0.15) is 0 Å². The van der Waals surface area contributed by atoms with Crippen molar-refractivity contribution < 1.29 is 23.8 Å². The number of carbonyl (C=O) groups is 2. The molecule has 3 heterocycles. The van der Waals surface area contributed by atoms with Gasteiger partial charge < -0.3 is 19.2 Å². The Morgan fingerprint density at radius 1 is 1.13 bits per heavy atom. The average Bonchev–Trinajstić information content (AvgIpc) is 3.36. The van der Waals surface area contributed by atoms with Crippen LogP contribution in [-0.2, 0) is 11.3 Å². The van der Waals surface area contributed by atoms with Gasteiger partial charge in [0.2, 0.25) is 6.79 Å². The lowest BCUT2D eigenvalue weighted by Crippen LogP contribution is -2.51. The molecule has 1 fully saturated rings. The number of rotatable bonds is 6. The maximum absolute atomic E-state index is 13.2. The molecule has 1 atom stereocenters. The third-order valence-electron chi connectivity index (χ3n) is 6.25. The van der Waals surface area contributed by atoms with E-state index in [2.05, 4.69) is 20.9 Å². The van der Waals surface area contributed by atoms with Crippen molar-refractivity contribution >= 4 is 11.8 Å². The number of H-pyrrole nitrogens is 1. The third kappa shape index (κ3) is 4.18. The van der Waals surface area contributed by atoms with Crippen LogP contribution in [-0.4, -0.2) is 72.7 Å². The topological polar surface area (TPSA) is 84.1 Å². The highest BCUT2D eigenvalue weighted by Crippen LogP contribution is 2.33. The Labute approximate surface area is 182 Å². The summed E-state index contributed by atoms with van der Waals surface area (Å²) in [5.74, 6) is 1.18. The second-order valence-corrected chi connectivity index (χ2v) is 8.16. The van der Waals surface area contributed by atoms with Gasteiger partial charge in [0, 0.05) is 38.4 Å². The van der Waals surface area contributed by atoms with Crippen molar-refractivity contribution in [1.29, 1.82) is 0 Å². The maximum Gasteiger partial charge on any atom is 0.339 e. The second-order valence-electron chi connectivity index (χ2n) is 8.16. The first kappa shape index (κ1) is 21.4. The van der Waals surface area contributed by atoms with E-state index in [1.807, 2.05) is 19.1 Å². The molecule has 1 N–H and O–H groups in total. The van der Waals surface area contributed by atoms with Crippen molar-refractivity contribution in [2.24, 2.45) is 0 Å². The molecule has 1 aromatic heterocycles. The van der Waals surface area contributed by atoms with E-state index in [1.54, 1.807) is 13.8 Å². The van der Waals surface area contributed by atoms with E-state index < -0.39 is 5.97 Å². The minimum absolute atomic E-state index is 0.0000241. The van der Waals surface area contributed by atoms with Gasteiger partial charge in [-0.3, -0.25) is 14.6 Å². The molecule has 166 valence electrons. The number of nitrogens with zero attached hydrogens (tertiary/aromatic N) is 2. The Morgan fingerprint density at radius 2 is 1.84 bits per heavy atom. The Bertz CT molecular complexity index is 991. The van der Waals surface area contributed by atoms with Crippen LogP contribution in [0.5, 0.6) is 11.5 Å². The first-order valence-electron chi connectivity index (χ1n) is 10.6. The van der Waals surface area contributed by atoms with Gasteiger partial charge >= 0.3 is 5.97 Å². The van der Waals surface area contributed by atoms with E-state index in [0.29, 0.717) is 22.5 Å². The fraction of sp³-hybridized carbons (Fsp3) is 0.478. The molecule has 2 aliphatic heterocycles. The number of Topliss-reactive ketones (excluding diaryl/α,β-unsaturated/α-hetero) is 1. The molecule has 0 spiro atoms. The Hall–Kier alpha value is -2.84. The number of ether oxygens (including phenoxy) is 3. The van der Waals surface area contributed by atoms with Gasteiger partial charge in [0.25, 0.3) is 0 Å². The van der Waals surface area contributed by atoms with E-state index in [4.69, 9.17) is 14.2 Å². The Balaban J connectivity index is 1.36. The van der Waals surface area contributed by atoms with Crippen LogP contribution in [0.2, 0.25) is 0 Å². The Morgan fingerprint density at radius 3 is 2.55 bits per heavy atom. The highest BCUT2D eigenvalue weighted by Gasteiger charge is 2.30. The van der Waals surface area contributed by atoms with E-state index in [9.17, 15) is 9.59 Å². The second kappa shape index (κ2) is 8.72. The smallest absolute Gasteiger partial charge is 0.339 e. The van der Waals surface area contributed by atoms with Gasteiger partial charge in [-0.05, 0) is 44.0 Å². The number of fused-ring (bicyclic) bond motifs is 1. The molecule has 2 aromatic rings. The quantitative estimate of drug-likeness (QED) is 0.560. The molecule has 31 heavy (non-hydrogen) atoms. The normalized spacial score (nSPS) is 17.5. The number of piperazine rings is 1. The predicted octanol–water partition coefficient (Wildman–Crippen LogP) is 2.54. The molecule has 0 bridgehead atoms. The summed E-state index contributed by atoms with van der Waals surface area (Å²) in [7, 11) is 1.35. The number of methoxy groups -OCH3 is 1. The number of benzene rings is 1. The summed E-state index contributed by atoms with van der Waals surface area (Å²) in [5.41, 5.74) is 3.45. The lowest BCUT2D eigenvalue weighted by Gasteiger charge is -2.37. The monoisotopic (exact) mass is 427 g/mol. The maximum atomic E-state index is 13.2. The molecule has 4 rings (SSSR count). The van der Waals surface area contributed by atoms with Crippen LogP contribution in [0.15, 0.2) is 18.2 Å². The number of aromatic nitrogens is 1. The van der Waals surface area contributed by atoms with E-state index >= 15 is 0 Å². The van der Waals surface area contributed by atoms with Gasteiger partial charge in [0.05, 0.1) is 24.4 Å². The molecule has 8 heteroatoms. The number of carbonyl (C=O) groups excluding carboxylic acids is 2. The van der Waals surface area contributed by atoms with Crippen LogP contribution < -0.4 is 9.47 Å². The zero-order valence-corrected chi connectivity index (χ0v) is 18.5. The third-order valence-corrected chi connectivity index (χ3v) is 6.25. The number of ketones is 1. The lowest BCUT2D eigenvalue weighted by atomic mass is 10.0. The molecule has 1 saturated heterocycles. The van der Waals surface area contributed by atoms with Gasteiger partial charge in [-0.1, -0.05) is 6.07 Å². The zero-order chi connectivity index (χ0) is 22.1. The number of nitrogens with one attached hydrogen (secondary N) is 1. The molecule has 1 aromatic carbocycles. The molecule has 8 nitrogen and oxygen atoms in total. The van der Waals surface area contributed by atoms with Crippen LogP contribution in [0.1, 0.15) is 44.6 Å². The summed E-state index contributed by atoms with van der Waals surface area (Å²) in [6, 6.07) is 5.80. The van der Waals surface area contributed by atoms with E-state index in [1.165, 1.54) is 12.7 Å². The summed E-state index contributed by atoms with van der Waals surface area (Å²) in [6.07, 6.45) is 0. The first-order chi connectivity index (χ1) is 14.9. The van der Waals surface area contributed by atoms with Crippen molar-refractivity contribution in [2.75, 3.05) is 40.1 Å². The molecule has 2 aliphatic rings. The van der Waals surface area contributed by atoms with Crippen molar-refractivity contribution in [2.45, 2.75) is 33.4 Å². The fourth-order valence-corrected chi connectivity index (χ4v) is 4.39. The number of esters is 1. The van der Waals surface area contributed by atoms with Gasteiger partial charge in [-0.15, -0.1) is 0 Å². The summed E-state index contributed by atoms with van der Waals surface area (Å²) in [4.78, 5) is 32.9. The average molecular weight is 428 g/mol. The largest absolute Gasteiger partial charge is 0.465 e. The van der Waals surface area contributed by atoms with E-state index in [0.717, 1.165) is 44.2 Å². The summed E-state index contributed by atoms with van der Waals surface area (Å²) in [5, 5.41) is 0. The lowest BCUT2D eigenvalue weighted by molar-refractivity contribution is 0.0599. The number of aryl methyl sites for hydroxylation is 1. The number of hydrogen-bond donors (Lipinski definition) is 1. The van der Waals surface area contributed by atoms with Gasteiger partial charge in [0.15, 0.2) is 17.3 Å². The first-order valence-corrected chi connectivity index (χ1v) is 10.6. The van der Waals surface area contributed by atoms with Crippen molar-refractivity contribution in [3.63, 3.8) is 0 Å². The minimum atomic E-state index is -0.421. The molecule has 0 unspecified atom stereocenters. The molecule has 0 aliphatic carbocycles.